The Hall–Kier alpha value is -2.23. The zero-order valence-corrected chi connectivity index (χ0v) is 16.9. The topological polar surface area (TPSA) is 55.7 Å². The number of benzene rings is 1. The summed E-state index contributed by atoms with van der Waals surface area (Å²) in [7, 11) is 0. The van der Waals surface area contributed by atoms with Gasteiger partial charge in [-0.2, -0.15) is 0 Å². The fraction of sp³-hybridized carbons (Fsp3) is 0.542. The summed E-state index contributed by atoms with van der Waals surface area (Å²) in [6.45, 7) is 3.93. The molecule has 148 valence electrons. The molecular formula is C24H29NO3. The molecule has 0 aromatic heterocycles. The number of aryl methyl sites for hydroxylation is 1. The Bertz CT molecular complexity index is 845. The maximum absolute atomic E-state index is 13.3. The molecule has 1 aliphatic heterocycles. The molecule has 2 fully saturated rings. The van der Waals surface area contributed by atoms with E-state index in [-0.39, 0.29) is 29.7 Å². The first-order chi connectivity index (χ1) is 13.5. The first-order valence-corrected chi connectivity index (χ1v) is 10.6. The first kappa shape index (κ1) is 19.1. The van der Waals surface area contributed by atoms with Crippen molar-refractivity contribution in [3.05, 3.63) is 46.7 Å². The van der Waals surface area contributed by atoms with E-state index in [2.05, 4.69) is 6.07 Å². The van der Waals surface area contributed by atoms with Gasteiger partial charge in [0, 0.05) is 23.7 Å². The van der Waals surface area contributed by atoms with Gasteiger partial charge in [0.2, 0.25) is 0 Å². The number of hydrogen-bond acceptors (Lipinski definition) is 4. The number of nitrogens with zero attached hydrogens (tertiary/aromatic N) is 1. The van der Waals surface area contributed by atoms with Crippen molar-refractivity contribution >= 4 is 17.5 Å². The lowest BCUT2D eigenvalue weighted by Crippen LogP contribution is -2.39. The number of fused-ring (bicyclic) bond motifs is 1. The van der Waals surface area contributed by atoms with Crippen molar-refractivity contribution in [1.29, 1.82) is 0 Å². The highest BCUT2D eigenvalue weighted by atomic mass is 16.5. The predicted molar refractivity (Wildman–Crippen MR) is 109 cm³/mol. The first-order valence-electron chi connectivity index (χ1n) is 10.6. The quantitative estimate of drug-likeness (QED) is 0.690. The van der Waals surface area contributed by atoms with Crippen LogP contribution < -0.4 is 0 Å². The summed E-state index contributed by atoms with van der Waals surface area (Å²) in [6, 6.07) is 8.17. The number of carbonyl (C=O) groups is 2. The zero-order chi connectivity index (χ0) is 19.7. The molecule has 0 N–H and O–H groups in total. The van der Waals surface area contributed by atoms with E-state index in [9.17, 15) is 9.59 Å². The number of allylic oxidation sites excluding steroid dienone is 1. The number of carbonyl (C=O) groups excluding carboxylic acids is 2. The number of ether oxygens (including phenoxy) is 1. The standard InChI is InChI=1S/C24H29NO3/c1-15-8-6-9-17(14-15)22-21(24(27)28-18-10-4-3-5-11-18)16(2)25-19-12-7-13-20(26)23(19)22/h6,8-9,14,18,22-23H,3-5,7,10-13H2,1-2H3/t22-,23?/m1/s1. The van der Waals surface area contributed by atoms with Crippen LogP contribution in [0.3, 0.4) is 0 Å². The molecule has 2 aliphatic carbocycles. The molecule has 0 saturated heterocycles. The van der Waals surface area contributed by atoms with Crippen LogP contribution in [0.1, 0.15) is 75.3 Å². The number of esters is 1. The number of ketones is 1. The van der Waals surface area contributed by atoms with Crippen LogP contribution in [-0.4, -0.2) is 23.6 Å². The molecule has 28 heavy (non-hydrogen) atoms. The van der Waals surface area contributed by atoms with E-state index >= 15 is 0 Å². The third-order valence-electron chi connectivity index (χ3n) is 6.35. The highest BCUT2D eigenvalue weighted by Gasteiger charge is 2.44. The summed E-state index contributed by atoms with van der Waals surface area (Å²) in [5.41, 5.74) is 4.38. The average molecular weight is 380 g/mol. The number of hydrogen-bond donors (Lipinski definition) is 0. The van der Waals surface area contributed by atoms with Crippen LogP contribution >= 0.6 is 0 Å². The lowest BCUT2D eigenvalue weighted by atomic mass is 9.69. The van der Waals surface area contributed by atoms with Crippen LogP contribution in [0.5, 0.6) is 0 Å². The molecule has 0 radical (unpaired) electrons. The molecule has 0 amide bonds. The molecule has 3 aliphatic rings. The van der Waals surface area contributed by atoms with Crippen LogP contribution in [0.2, 0.25) is 0 Å². The third kappa shape index (κ3) is 3.69. The minimum atomic E-state index is -0.326. The van der Waals surface area contributed by atoms with Crippen molar-refractivity contribution in [3.63, 3.8) is 0 Å². The summed E-state index contributed by atoms with van der Waals surface area (Å²) < 4.78 is 5.92. The van der Waals surface area contributed by atoms with E-state index in [1.54, 1.807) is 0 Å². The molecule has 4 heteroatoms. The van der Waals surface area contributed by atoms with Gasteiger partial charge in [-0.1, -0.05) is 36.2 Å². The van der Waals surface area contributed by atoms with Crippen molar-refractivity contribution in [2.75, 3.05) is 0 Å². The van der Waals surface area contributed by atoms with Crippen molar-refractivity contribution in [3.8, 4) is 0 Å². The molecule has 4 nitrogen and oxygen atoms in total. The van der Waals surface area contributed by atoms with Crippen molar-refractivity contribution in [2.45, 2.75) is 77.2 Å². The number of rotatable bonds is 3. The second-order valence-electron chi connectivity index (χ2n) is 8.46. The third-order valence-corrected chi connectivity index (χ3v) is 6.35. The molecular weight excluding hydrogens is 350 g/mol. The summed E-state index contributed by atoms with van der Waals surface area (Å²) in [5.74, 6) is -0.687. The number of Topliss-reactive ketones (excluding diaryl/α,β-unsaturated/α-hetero) is 1. The largest absolute Gasteiger partial charge is 0.459 e. The van der Waals surface area contributed by atoms with Crippen LogP contribution in [0.25, 0.3) is 0 Å². The Morgan fingerprint density at radius 2 is 1.82 bits per heavy atom. The van der Waals surface area contributed by atoms with Crippen molar-refractivity contribution in [2.24, 2.45) is 10.9 Å². The maximum atomic E-state index is 13.3. The Labute approximate surface area is 167 Å². The van der Waals surface area contributed by atoms with Gasteiger partial charge in [0.15, 0.2) is 0 Å². The molecule has 2 saturated carbocycles. The summed E-state index contributed by atoms with van der Waals surface area (Å²) >= 11 is 0. The molecule has 0 spiro atoms. The van der Waals surface area contributed by atoms with Gasteiger partial charge in [-0.25, -0.2) is 4.79 Å². The average Bonchev–Trinajstić information content (AvgIpc) is 2.68. The normalized spacial score (nSPS) is 25.9. The van der Waals surface area contributed by atoms with E-state index in [0.717, 1.165) is 55.4 Å². The van der Waals surface area contributed by atoms with E-state index in [1.165, 1.54) is 6.42 Å². The van der Waals surface area contributed by atoms with Crippen LogP contribution in [-0.2, 0) is 14.3 Å². The van der Waals surface area contributed by atoms with Gasteiger partial charge in [0.05, 0.1) is 11.5 Å². The lowest BCUT2D eigenvalue weighted by Gasteiger charge is -2.36. The van der Waals surface area contributed by atoms with Gasteiger partial charge in [-0.3, -0.25) is 9.79 Å². The molecule has 1 aromatic rings. The smallest absolute Gasteiger partial charge is 0.336 e. The highest BCUT2D eigenvalue weighted by molar-refractivity contribution is 6.11. The molecule has 0 bridgehead atoms. The monoisotopic (exact) mass is 379 g/mol. The van der Waals surface area contributed by atoms with Crippen LogP contribution in [0, 0.1) is 12.8 Å². The second kappa shape index (κ2) is 8.02. The molecule has 1 aromatic carbocycles. The van der Waals surface area contributed by atoms with Gasteiger partial charge >= 0.3 is 5.97 Å². The van der Waals surface area contributed by atoms with Gasteiger partial charge < -0.3 is 4.74 Å². The fourth-order valence-electron chi connectivity index (χ4n) is 5.01. The molecule has 1 unspecified atom stereocenters. The maximum Gasteiger partial charge on any atom is 0.336 e. The molecule has 4 rings (SSSR count). The summed E-state index contributed by atoms with van der Waals surface area (Å²) in [6.07, 6.45) is 7.55. The Kier molecular flexibility index (Phi) is 5.47. The van der Waals surface area contributed by atoms with Crippen LogP contribution in [0.15, 0.2) is 40.5 Å². The molecule has 1 heterocycles. The minimum Gasteiger partial charge on any atom is -0.459 e. The Balaban J connectivity index is 1.74. The van der Waals surface area contributed by atoms with Crippen molar-refractivity contribution < 1.29 is 14.3 Å². The molecule has 2 atom stereocenters. The van der Waals surface area contributed by atoms with Gasteiger partial charge in [-0.15, -0.1) is 0 Å². The van der Waals surface area contributed by atoms with Crippen LogP contribution in [0.4, 0.5) is 0 Å². The van der Waals surface area contributed by atoms with E-state index < -0.39 is 0 Å². The van der Waals surface area contributed by atoms with E-state index in [4.69, 9.17) is 9.73 Å². The van der Waals surface area contributed by atoms with Crippen molar-refractivity contribution in [1.82, 2.24) is 0 Å². The lowest BCUT2D eigenvalue weighted by molar-refractivity contribution is -0.146. The fourth-order valence-corrected chi connectivity index (χ4v) is 5.01. The number of aliphatic imine (C=N–C) groups is 1. The van der Waals surface area contributed by atoms with E-state index in [1.807, 2.05) is 32.0 Å². The van der Waals surface area contributed by atoms with Gasteiger partial charge in [0.25, 0.3) is 0 Å². The summed E-state index contributed by atoms with van der Waals surface area (Å²) in [4.78, 5) is 30.9. The Morgan fingerprint density at radius 3 is 2.57 bits per heavy atom. The zero-order valence-electron chi connectivity index (χ0n) is 16.9. The summed E-state index contributed by atoms with van der Waals surface area (Å²) in [5, 5.41) is 0. The van der Waals surface area contributed by atoms with E-state index in [0.29, 0.717) is 17.7 Å². The Morgan fingerprint density at radius 1 is 1.04 bits per heavy atom. The van der Waals surface area contributed by atoms with Gasteiger partial charge in [-0.05, 0) is 57.9 Å². The van der Waals surface area contributed by atoms with Gasteiger partial charge in [0.1, 0.15) is 11.9 Å². The SMILES string of the molecule is CC1=C(C(=O)OC2CCCCC2)[C@@H](c2cccc(C)c2)C2C(=O)CCCC2=N1. The minimum absolute atomic E-state index is 0.00727. The predicted octanol–water partition coefficient (Wildman–Crippen LogP) is 5.05. The highest BCUT2D eigenvalue weighted by Crippen LogP contribution is 2.43. The second-order valence-corrected chi connectivity index (χ2v) is 8.46.